The maximum absolute atomic E-state index is 10.2. The molecule has 88 valence electrons. The summed E-state index contributed by atoms with van der Waals surface area (Å²) < 4.78 is 5.26. The number of hydrogen-bond acceptors (Lipinski definition) is 3. The Labute approximate surface area is 92.2 Å². The largest absolute Gasteiger partial charge is 0.388 e. The van der Waals surface area contributed by atoms with Gasteiger partial charge in [-0.15, -0.1) is 0 Å². The molecular formula is C12H23NO2. The molecule has 2 fully saturated rings. The van der Waals surface area contributed by atoms with Crippen LogP contribution in [0.15, 0.2) is 0 Å². The second-order valence-corrected chi connectivity index (χ2v) is 5.12. The van der Waals surface area contributed by atoms with Gasteiger partial charge in [-0.25, -0.2) is 0 Å². The van der Waals surface area contributed by atoms with Crippen molar-refractivity contribution in [2.24, 2.45) is 5.92 Å². The quantitative estimate of drug-likeness (QED) is 0.740. The Hall–Kier alpha value is -0.120. The topological polar surface area (TPSA) is 41.5 Å². The zero-order valence-corrected chi connectivity index (χ0v) is 9.50. The highest BCUT2D eigenvalue weighted by Gasteiger charge is 2.29. The Morgan fingerprint density at radius 3 is 2.53 bits per heavy atom. The fourth-order valence-corrected chi connectivity index (χ4v) is 2.65. The highest BCUT2D eigenvalue weighted by atomic mass is 16.5. The normalized spacial score (nSPS) is 27.0. The van der Waals surface area contributed by atoms with E-state index in [2.05, 4.69) is 5.32 Å². The van der Waals surface area contributed by atoms with Crippen molar-refractivity contribution in [1.29, 1.82) is 0 Å². The second-order valence-electron chi connectivity index (χ2n) is 5.12. The maximum atomic E-state index is 10.2. The summed E-state index contributed by atoms with van der Waals surface area (Å²) in [5.74, 6) is 0.855. The summed E-state index contributed by atoms with van der Waals surface area (Å²) >= 11 is 0. The standard InChI is InChI=1S/C12H23NO2/c14-12(5-7-15-8-6-12)10-13-9-11-3-1-2-4-11/h11,13-14H,1-10H2. The van der Waals surface area contributed by atoms with Gasteiger partial charge in [-0.2, -0.15) is 0 Å². The second kappa shape index (κ2) is 5.28. The van der Waals surface area contributed by atoms with Gasteiger partial charge in [0.2, 0.25) is 0 Å². The lowest BCUT2D eigenvalue weighted by atomic mass is 9.94. The van der Waals surface area contributed by atoms with E-state index in [-0.39, 0.29) is 0 Å². The number of hydrogen-bond donors (Lipinski definition) is 2. The van der Waals surface area contributed by atoms with E-state index in [0.29, 0.717) is 13.2 Å². The first kappa shape index (κ1) is 11.4. The van der Waals surface area contributed by atoms with E-state index in [9.17, 15) is 5.11 Å². The average molecular weight is 213 g/mol. The van der Waals surface area contributed by atoms with Crippen molar-refractivity contribution in [2.75, 3.05) is 26.3 Å². The number of nitrogens with one attached hydrogen (secondary N) is 1. The van der Waals surface area contributed by atoms with Crippen molar-refractivity contribution in [1.82, 2.24) is 5.32 Å². The molecule has 0 amide bonds. The Kier molecular flexibility index (Phi) is 4.00. The molecule has 0 radical (unpaired) electrons. The average Bonchev–Trinajstić information content (AvgIpc) is 2.71. The summed E-state index contributed by atoms with van der Waals surface area (Å²) in [5.41, 5.74) is -0.503. The molecule has 3 heteroatoms. The van der Waals surface area contributed by atoms with E-state index in [1.54, 1.807) is 0 Å². The molecule has 0 spiro atoms. The van der Waals surface area contributed by atoms with Crippen LogP contribution in [0.4, 0.5) is 0 Å². The van der Waals surface area contributed by atoms with E-state index >= 15 is 0 Å². The van der Waals surface area contributed by atoms with Gasteiger partial charge in [-0.3, -0.25) is 0 Å². The number of ether oxygens (including phenoxy) is 1. The summed E-state index contributed by atoms with van der Waals surface area (Å²) in [6, 6.07) is 0. The molecule has 3 nitrogen and oxygen atoms in total. The SMILES string of the molecule is OC1(CNCC2CCCC2)CCOCC1. The van der Waals surface area contributed by atoms with Crippen molar-refractivity contribution in [3.63, 3.8) is 0 Å². The Bertz CT molecular complexity index is 184. The molecule has 1 saturated carbocycles. The van der Waals surface area contributed by atoms with Crippen LogP contribution in [0.3, 0.4) is 0 Å². The smallest absolute Gasteiger partial charge is 0.0815 e. The summed E-state index contributed by atoms with van der Waals surface area (Å²) in [4.78, 5) is 0. The van der Waals surface area contributed by atoms with Crippen LogP contribution < -0.4 is 5.32 Å². The van der Waals surface area contributed by atoms with Crippen molar-refractivity contribution in [2.45, 2.75) is 44.1 Å². The highest BCUT2D eigenvalue weighted by molar-refractivity contribution is 4.84. The van der Waals surface area contributed by atoms with E-state index in [1.807, 2.05) is 0 Å². The zero-order valence-electron chi connectivity index (χ0n) is 9.50. The number of aliphatic hydroxyl groups is 1. The van der Waals surface area contributed by atoms with Crippen molar-refractivity contribution in [3.8, 4) is 0 Å². The van der Waals surface area contributed by atoms with E-state index in [0.717, 1.165) is 31.8 Å². The Balaban J connectivity index is 1.63. The Morgan fingerprint density at radius 1 is 1.20 bits per heavy atom. The lowest BCUT2D eigenvalue weighted by Gasteiger charge is -2.32. The molecule has 2 aliphatic rings. The van der Waals surface area contributed by atoms with Crippen LogP contribution >= 0.6 is 0 Å². The van der Waals surface area contributed by atoms with E-state index < -0.39 is 5.60 Å². The molecule has 0 aromatic heterocycles. The van der Waals surface area contributed by atoms with Crippen LogP contribution in [-0.4, -0.2) is 37.0 Å². The first-order chi connectivity index (χ1) is 7.29. The highest BCUT2D eigenvalue weighted by Crippen LogP contribution is 2.24. The van der Waals surface area contributed by atoms with Crippen molar-refractivity contribution < 1.29 is 9.84 Å². The Morgan fingerprint density at radius 2 is 1.87 bits per heavy atom. The van der Waals surface area contributed by atoms with Crippen LogP contribution in [0.5, 0.6) is 0 Å². The minimum absolute atomic E-state index is 0.503. The van der Waals surface area contributed by atoms with Crippen LogP contribution in [0, 0.1) is 5.92 Å². The van der Waals surface area contributed by atoms with E-state index in [4.69, 9.17) is 4.74 Å². The van der Waals surface area contributed by atoms with Crippen molar-refractivity contribution in [3.05, 3.63) is 0 Å². The number of rotatable bonds is 4. The van der Waals surface area contributed by atoms with Gasteiger partial charge in [-0.05, 0) is 25.3 Å². The molecule has 2 N–H and O–H groups in total. The predicted molar refractivity (Wildman–Crippen MR) is 59.8 cm³/mol. The minimum Gasteiger partial charge on any atom is -0.388 e. The third kappa shape index (κ3) is 3.44. The van der Waals surface area contributed by atoms with Gasteiger partial charge < -0.3 is 15.2 Å². The lowest BCUT2D eigenvalue weighted by molar-refractivity contribution is -0.0617. The first-order valence-electron chi connectivity index (χ1n) is 6.29. The maximum Gasteiger partial charge on any atom is 0.0815 e. The van der Waals surface area contributed by atoms with Crippen LogP contribution in [0.25, 0.3) is 0 Å². The lowest BCUT2D eigenvalue weighted by Crippen LogP contribution is -2.45. The molecule has 1 saturated heterocycles. The summed E-state index contributed by atoms with van der Waals surface area (Å²) in [6.07, 6.45) is 7.09. The molecular weight excluding hydrogens is 190 g/mol. The van der Waals surface area contributed by atoms with Crippen molar-refractivity contribution >= 4 is 0 Å². The first-order valence-corrected chi connectivity index (χ1v) is 6.29. The third-order valence-corrected chi connectivity index (χ3v) is 3.79. The molecule has 0 aromatic carbocycles. The summed E-state index contributed by atoms with van der Waals surface area (Å²) in [7, 11) is 0. The van der Waals surface area contributed by atoms with Crippen LogP contribution in [0.2, 0.25) is 0 Å². The van der Waals surface area contributed by atoms with Gasteiger partial charge in [0.1, 0.15) is 0 Å². The fourth-order valence-electron chi connectivity index (χ4n) is 2.65. The van der Waals surface area contributed by atoms with E-state index in [1.165, 1.54) is 25.7 Å². The zero-order chi connectivity index (χ0) is 10.6. The van der Waals surface area contributed by atoms with Gasteiger partial charge in [0, 0.05) is 32.6 Å². The molecule has 0 atom stereocenters. The predicted octanol–water partition coefficient (Wildman–Crippen LogP) is 1.31. The monoisotopic (exact) mass is 213 g/mol. The molecule has 0 unspecified atom stereocenters. The molecule has 1 aliphatic carbocycles. The molecule has 0 bridgehead atoms. The van der Waals surface area contributed by atoms with Crippen LogP contribution in [0.1, 0.15) is 38.5 Å². The molecule has 0 aromatic rings. The van der Waals surface area contributed by atoms with Gasteiger partial charge in [-0.1, -0.05) is 12.8 Å². The molecule has 2 rings (SSSR count). The van der Waals surface area contributed by atoms with Gasteiger partial charge >= 0.3 is 0 Å². The fraction of sp³-hybridized carbons (Fsp3) is 1.00. The molecule has 15 heavy (non-hydrogen) atoms. The summed E-state index contributed by atoms with van der Waals surface area (Å²) in [6.45, 7) is 3.25. The summed E-state index contributed by atoms with van der Waals surface area (Å²) in [5, 5.41) is 13.6. The third-order valence-electron chi connectivity index (χ3n) is 3.79. The van der Waals surface area contributed by atoms with Gasteiger partial charge in [0.15, 0.2) is 0 Å². The molecule has 1 heterocycles. The minimum atomic E-state index is -0.503. The van der Waals surface area contributed by atoms with Gasteiger partial charge in [0.25, 0.3) is 0 Å². The van der Waals surface area contributed by atoms with Crippen LogP contribution in [-0.2, 0) is 4.74 Å². The van der Waals surface area contributed by atoms with Gasteiger partial charge in [0.05, 0.1) is 5.60 Å². The molecule has 1 aliphatic heterocycles.